The quantitative estimate of drug-likeness (QED) is 0.465. The molecule has 0 radical (unpaired) electrons. The van der Waals surface area contributed by atoms with Gasteiger partial charge in [-0.15, -0.1) is 5.60 Å². The molecule has 3 heteroatoms. The number of hydrogen-bond acceptors (Lipinski definition) is 1. The van der Waals surface area contributed by atoms with Gasteiger partial charge < -0.3 is 5.11 Å². The maximum Gasteiger partial charge on any atom is 1.00 e. The van der Waals surface area contributed by atoms with Crippen molar-refractivity contribution in [3.05, 3.63) is 33.9 Å². The van der Waals surface area contributed by atoms with Crippen LogP contribution in [0.25, 0.3) is 0 Å². The minimum atomic E-state index is -0.750. The van der Waals surface area contributed by atoms with Crippen LogP contribution in [0, 0.1) is 3.57 Å². The predicted octanol–water partition coefficient (Wildman–Crippen LogP) is -0.560. The smallest absolute Gasteiger partial charge is 0.850 e. The number of halogens is 1. The molecule has 1 aromatic rings. The molecule has 0 aromatic heterocycles. The van der Waals surface area contributed by atoms with Gasteiger partial charge in [0, 0.05) is 3.57 Å². The molecule has 0 heterocycles. The van der Waals surface area contributed by atoms with E-state index < -0.39 is 5.60 Å². The molecule has 13 heavy (non-hydrogen) atoms. The van der Waals surface area contributed by atoms with Crippen LogP contribution in [0.15, 0.2) is 30.3 Å². The molecule has 0 fully saturated rings. The van der Waals surface area contributed by atoms with Gasteiger partial charge in [-0.05, 0) is 34.7 Å². The van der Waals surface area contributed by atoms with Gasteiger partial charge in [-0.3, -0.25) is 0 Å². The maximum absolute atomic E-state index is 10.1. The summed E-state index contributed by atoms with van der Waals surface area (Å²) in [6.45, 7) is 4.90. The van der Waals surface area contributed by atoms with E-state index in [0.717, 1.165) is 0 Å². The van der Waals surface area contributed by atoms with Gasteiger partial charge in [0.15, 0.2) is 0 Å². The van der Waals surface area contributed by atoms with Crippen molar-refractivity contribution in [1.82, 2.24) is 0 Å². The van der Waals surface area contributed by atoms with Crippen molar-refractivity contribution in [3.8, 4) is 0 Å². The Morgan fingerprint density at radius 3 is 1.54 bits per heavy atom. The first-order chi connectivity index (χ1) is 5.39. The van der Waals surface area contributed by atoms with E-state index >= 15 is 0 Å². The second kappa shape index (κ2) is 8.24. The third-order valence-corrected chi connectivity index (χ3v) is 1.45. The van der Waals surface area contributed by atoms with Crippen LogP contribution in [0.3, 0.4) is 0 Å². The van der Waals surface area contributed by atoms with Gasteiger partial charge in [-0.1, -0.05) is 39.0 Å². The zero-order valence-corrected chi connectivity index (χ0v) is 12.8. The van der Waals surface area contributed by atoms with Crippen molar-refractivity contribution in [3.63, 3.8) is 0 Å². The first-order valence-electron chi connectivity index (χ1n) is 3.80. The number of benzene rings is 1. The van der Waals surface area contributed by atoms with Crippen molar-refractivity contribution in [2.24, 2.45) is 0 Å². The average Bonchev–Trinajstić information content (AvgIpc) is 1.85. The van der Waals surface area contributed by atoms with Crippen LogP contribution in [-0.4, -0.2) is 5.60 Å². The van der Waals surface area contributed by atoms with E-state index in [4.69, 9.17) is 0 Å². The Morgan fingerprint density at radius 2 is 1.38 bits per heavy atom. The first kappa shape index (κ1) is 16.3. The molecule has 1 aromatic carbocycles. The van der Waals surface area contributed by atoms with Crippen molar-refractivity contribution in [1.29, 1.82) is 0 Å². The molecule has 0 bridgehead atoms. The van der Waals surface area contributed by atoms with Gasteiger partial charge in [0.2, 0.25) is 0 Å². The summed E-state index contributed by atoms with van der Waals surface area (Å²) in [6, 6.07) is 10.2. The molecule has 0 atom stereocenters. The van der Waals surface area contributed by atoms with Crippen molar-refractivity contribution >= 4 is 22.6 Å². The Kier molecular flexibility index (Phi) is 10.4. The van der Waals surface area contributed by atoms with Gasteiger partial charge in [0.1, 0.15) is 0 Å². The van der Waals surface area contributed by atoms with Crippen LogP contribution in [0.1, 0.15) is 20.8 Å². The summed E-state index contributed by atoms with van der Waals surface area (Å²) in [5, 5.41) is 10.1. The van der Waals surface area contributed by atoms with E-state index in [9.17, 15) is 5.11 Å². The zero-order valence-electron chi connectivity index (χ0n) is 8.67. The topological polar surface area (TPSA) is 23.1 Å². The van der Waals surface area contributed by atoms with Crippen molar-refractivity contribution in [2.75, 3.05) is 0 Å². The predicted molar refractivity (Wildman–Crippen MR) is 58.9 cm³/mol. The van der Waals surface area contributed by atoms with E-state index in [1.165, 1.54) is 3.57 Å². The summed E-state index contributed by atoms with van der Waals surface area (Å²) >= 11 is 2.28. The fourth-order valence-corrected chi connectivity index (χ4v) is 0.830. The summed E-state index contributed by atoms with van der Waals surface area (Å²) < 4.78 is 1.29. The van der Waals surface area contributed by atoms with Crippen LogP contribution in [-0.2, 0) is 0 Å². The molecule has 0 amide bonds. The van der Waals surface area contributed by atoms with Gasteiger partial charge in [0.05, 0.1) is 0 Å². The Hall–Kier alpha value is 0.910. The van der Waals surface area contributed by atoms with E-state index in [1.54, 1.807) is 20.8 Å². The molecule has 0 N–H and O–H groups in total. The SMILES string of the molecule is CC(C)(C)[O-].Ic1ccccc1.[Na+]. The summed E-state index contributed by atoms with van der Waals surface area (Å²) in [7, 11) is 0. The van der Waals surface area contributed by atoms with Gasteiger partial charge >= 0.3 is 29.6 Å². The Bertz CT molecular complexity index is 200. The Balaban J connectivity index is 0. The molecule has 1 nitrogen and oxygen atoms in total. The third-order valence-electron chi connectivity index (χ3n) is 0.733. The van der Waals surface area contributed by atoms with Crippen molar-refractivity contribution < 1.29 is 34.7 Å². The fraction of sp³-hybridized carbons (Fsp3) is 0.400. The number of rotatable bonds is 0. The standard InChI is InChI=1S/C6H5I.C4H9O.Na/c7-6-4-2-1-3-5-6;1-4(2,3)5;/h1-5H;1-3H3;/q;-1;+1. The second-order valence-corrected chi connectivity index (χ2v) is 4.65. The largest absolute Gasteiger partial charge is 1.00 e. The second-order valence-electron chi connectivity index (χ2n) is 3.41. The minimum absolute atomic E-state index is 0. The molecule has 0 spiro atoms. The zero-order chi connectivity index (χ0) is 9.61. The summed E-state index contributed by atoms with van der Waals surface area (Å²) in [6.07, 6.45) is 0. The Labute approximate surface area is 116 Å². The molecular weight excluding hydrogens is 286 g/mol. The van der Waals surface area contributed by atoms with E-state index in [0.29, 0.717) is 0 Å². The van der Waals surface area contributed by atoms with Crippen LogP contribution in [0.2, 0.25) is 0 Å². The van der Waals surface area contributed by atoms with Gasteiger partial charge in [-0.2, -0.15) is 0 Å². The van der Waals surface area contributed by atoms with Crippen LogP contribution < -0.4 is 34.7 Å². The molecule has 68 valence electrons. The molecule has 0 saturated carbocycles. The molecule has 1 rings (SSSR count). The van der Waals surface area contributed by atoms with Crippen LogP contribution in [0.4, 0.5) is 0 Å². The monoisotopic (exact) mass is 300 g/mol. The first-order valence-corrected chi connectivity index (χ1v) is 4.88. The summed E-state index contributed by atoms with van der Waals surface area (Å²) in [5.41, 5.74) is -0.750. The van der Waals surface area contributed by atoms with Crippen LogP contribution in [0.5, 0.6) is 0 Å². The fourth-order valence-electron chi connectivity index (χ4n) is 0.415. The van der Waals surface area contributed by atoms with Crippen molar-refractivity contribution in [2.45, 2.75) is 26.4 Å². The van der Waals surface area contributed by atoms with E-state index in [1.807, 2.05) is 18.2 Å². The normalized spacial score (nSPS) is 9.31. The summed E-state index contributed by atoms with van der Waals surface area (Å²) in [5.74, 6) is 0. The molecular formula is C10H14INaO. The molecule has 0 saturated heterocycles. The van der Waals surface area contributed by atoms with E-state index in [-0.39, 0.29) is 29.6 Å². The molecule has 0 aliphatic heterocycles. The van der Waals surface area contributed by atoms with Gasteiger partial charge in [0.25, 0.3) is 0 Å². The molecule has 0 aliphatic carbocycles. The number of hydrogen-bond donors (Lipinski definition) is 0. The van der Waals surface area contributed by atoms with Gasteiger partial charge in [-0.25, -0.2) is 0 Å². The Morgan fingerprint density at radius 1 is 1.08 bits per heavy atom. The third kappa shape index (κ3) is 19.4. The molecule has 0 unspecified atom stereocenters. The summed E-state index contributed by atoms with van der Waals surface area (Å²) in [4.78, 5) is 0. The maximum atomic E-state index is 10.1. The van der Waals surface area contributed by atoms with E-state index in [2.05, 4.69) is 34.7 Å². The minimum Gasteiger partial charge on any atom is -0.850 e. The average molecular weight is 300 g/mol. The molecule has 0 aliphatic rings. The van der Waals surface area contributed by atoms with Crippen LogP contribution >= 0.6 is 22.6 Å².